The predicted octanol–water partition coefficient (Wildman–Crippen LogP) is 3.94. The molecule has 2 aromatic carbocycles. The van der Waals surface area contributed by atoms with Crippen molar-refractivity contribution in [2.24, 2.45) is 0 Å². The lowest BCUT2D eigenvalue weighted by molar-refractivity contribution is -0.165. The average molecular weight is 451 g/mol. The van der Waals surface area contributed by atoms with Crippen LogP contribution in [0, 0.1) is 0 Å². The van der Waals surface area contributed by atoms with Gasteiger partial charge in [-0.05, 0) is 37.6 Å². The number of hydrogen-bond donors (Lipinski definition) is 0. The van der Waals surface area contributed by atoms with E-state index < -0.39 is 28.9 Å². The van der Waals surface area contributed by atoms with Gasteiger partial charge in [-0.3, -0.25) is 14.5 Å². The lowest BCUT2D eigenvalue weighted by Gasteiger charge is -2.48. The molecule has 2 amide bonds. The number of β-lactam (4-membered cyclic amide) rings is 1. The standard InChI is InChI=1S/C25H26N2O4S/c1-5-19(17-12-8-6-9-13-17)31-24(30)21-25(3,4)32-23-20(22(29)27(21)23)26(16(2)28)18-14-10-7-11-15-18/h5-15,19-21,23H,1H2,2-4H3/t19?,20?,21-,23+/m0/s1. The Morgan fingerprint density at radius 2 is 1.72 bits per heavy atom. The minimum absolute atomic E-state index is 0.213. The molecule has 0 N–H and O–H groups in total. The van der Waals surface area contributed by atoms with Gasteiger partial charge in [0.05, 0.1) is 0 Å². The molecule has 7 heteroatoms. The average Bonchev–Trinajstić information content (AvgIpc) is 3.04. The summed E-state index contributed by atoms with van der Waals surface area (Å²) in [5.41, 5.74) is 1.48. The van der Waals surface area contributed by atoms with Crippen LogP contribution in [0.2, 0.25) is 0 Å². The molecule has 2 aromatic rings. The Balaban J connectivity index is 1.58. The van der Waals surface area contributed by atoms with Crippen LogP contribution >= 0.6 is 11.8 Å². The van der Waals surface area contributed by atoms with Gasteiger partial charge >= 0.3 is 5.97 Å². The molecule has 166 valence electrons. The lowest BCUT2D eigenvalue weighted by Crippen LogP contribution is -2.71. The van der Waals surface area contributed by atoms with Gasteiger partial charge in [-0.25, -0.2) is 4.79 Å². The molecule has 0 aliphatic carbocycles. The van der Waals surface area contributed by atoms with Gasteiger partial charge in [0.2, 0.25) is 5.91 Å². The second kappa shape index (κ2) is 8.47. The van der Waals surface area contributed by atoms with Gasteiger partial charge in [0, 0.05) is 17.4 Å². The van der Waals surface area contributed by atoms with E-state index in [2.05, 4.69) is 6.58 Å². The van der Waals surface area contributed by atoms with Gasteiger partial charge in [0.15, 0.2) is 0 Å². The fraction of sp³-hybridized carbons (Fsp3) is 0.320. The van der Waals surface area contributed by atoms with E-state index in [0.29, 0.717) is 5.69 Å². The molecule has 2 aliphatic heterocycles. The molecule has 4 atom stereocenters. The maximum absolute atomic E-state index is 13.3. The van der Waals surface area contributed by atoms with E-state index in [-0.39, 0.29) is 17.2 Å². The summed E-state index contributed by atoms with van der Waals surface area (Å²) in [7, 11) is 0. The van der Waals surface area contributed by atoms with Crippen molar-refractivity contribution >= 4 is 35.2 Å². The highest BCUT2D eigenvalue weighted by Gasteiger charge is 2.66. The predicted molar refractivity (Wildman–Crippen MR) is 125 cm³/mol. The second-order valence-corrected chi connectivity index (χ2v) is 10.2. The molecule has 4 rings (SSSR count). The van der Waals surface area contributed by atoms with Gasteiger partial charge in [0.25, 0.3) is 5.91 Å². The van der Waals surface area contributed by atoms with Gasteiger partial charge in [-0.1, -0.05) is 55.1 Å². The molecular formula is C25H26N2O4S. The van der Waals surface area contributed by atoms with Crippen LogP contribution in [-0.4, -0.2) is 44.9 Å². The summed E-state index contributed by atoms with van der Waals surface area (Å²) in [5, 5.41) is -0.321. The van der Waals surface area contributed by atoms with E-state index in [1.54, 1.807) is 11.0 Å². The highest BCUT2D eigenvalue weighted by atomic mass is 32.2. The molecule has 0 radical (unpaired) electrons. The van der Waals surface area contributed by atoms with E-state index >= 15 is 0 Å². The summed E-state index contributed by atoms with van der Waals surface area (Å²) in [5.74, 6) is -0.932. The highest BCUT2D eigenvalue weighted by molar-refractivity contribution is 8.01. The Bertz CT molecular complexity index is 1040. The minimum atomic E-state index is -0.753. The fourth-order valence-electron chi connectivity index (χ4n) is 4.42. The van der Waals surface area contributed by atoms with Gasteiger partial charge in [-0.15, -0.1) is 11.8 Å². The van der Waals surface area contributed by atoms with Crippen molar-refractivity contribution in [2.45, 2.75) is 49.1 Å². The molecular weight excluding hydrogens is 424 g/mol. The molecule has 2 aliphatic rings. The van der Waals surface area contributed by atoms with Crippen molar-refractivity contribution in [3.05, 3.63) is 78.9 Å². The van der Waals surface area contributed by atoms with E-state index in [1.807, 2.05) is 74.5 Å². The number of nitrogens with zero attached hydrogens (tertiary/aromatic N) is 2. The third kappa shape index (κ3) is 3.71. The smallest absolute Gasteiger partial charge is 0.331 e. The second-order valence-electron chi connectivity index (χ2n) is 8.43. The Morgan fingerprint density at radius 3 is 2.28 bits per heavy atom. The summed E-state index contributed by atoms with van der Waals surface area (Å²) in [6.07, 6.45) is 0.974. The monoisotopic (exact) mass is 450 g/mol. The summed E-state index contributed by atoms with van der Waals surface area (Å²) in [4.78, 5) is 42.1. The number of rotatable bonds is 6. The summed E-state index contributed by atoms with van der Waals surface area (Å²) >= 11 is 1.52. The van der Waals surface area contributed by atoms with Crippen LogP contribution in [-0.2, 0) is 19.1 Å². The number of carbonyl (C=O) groups excluding carboxylic acids is 3. The molecule has 0 bridgehead atoms. The molecule has 2 heterocycles. The molecule has 0 spiro atoms. The number of para-hydroxylation sites is 1. The first-order valence-corrected chi connectivity index (χ1v) is 11.4. The van der Waals surface area contributed by atoms with Crippen molar-refractivity contribution in [1.29, 1.82) is 0 Å². The summed E-state index contributed by atoms with van der Waals surface area (Å²) in [6, 6.07) is 17.1. The quantitative estimate of drug-likeness (QED) is 0.379. The number of anilines is 1. The maximum Gasteiger partial charge on any atom is 0.331 e. The number of amides is 2. The first kappa shape index (κ1) is 22.1. The van der Waals surface area contributed by atoms with E-state index in [4.69, 9.17) is 4.74 Å². The zero-order valence-corrected chi connectivity index (χ0v) is 19.1. The third-order valence-electron chi connectivity index (χ3n) is 5.87. The largest absolute Gasteiger partial charge is 0.452 e. The van der Waals surface area contributed by atoms with Crippen LogP contribution in [0.15, 0.2) is 73.3 Å². The zero-order valence-electron chi connectivity index (χ0n) is 18.3. The number of fused-ring (bicyclic) bond motifs is 1. The van der Waals surface area contributed by atoms with Crippen LogP contribution in [0.1, 0.15) is 32.4 Å². The molecule has 32 heavy (non-hydrogen) atoms. The van der Waals surface area contributed by atoms with Gasteiger partial charge in [0.1, 0.15) is 23.6 Å². The maximum atomic E-state index is 13.3. The van der Waals surface area contributed by atoms with E-state index in [1.165, 1.54) is 23.6 Å². The Morgan fingerprint density at radius 1 is 1.12 bits per heavy atom. The van der Waals surface area contributed by atoms with Crippen molar-refractivity contribution in [1.82, 2.24) is 4.90 Å². The third-order valence-corrected chi connectivity index (χ3v) is 7.43. The fourth-order valence-corrected chi connectivity index (χ4v) is 6.09. The van der Waals surface area contributed by atoms with Crippen LogP contribution in [0.3, 0.4) is 0 Å². The first-order valence-electron chi connectivity index (χ1n) is 10.5. The Kier molecular flexibility index (Phi) is 5.86. The van der Waals surface area contributed by atoms with Crippen LogP contribution in [0.4, 0.5) is 5.69 Å². The van der Waals surface area contributed by atoms with Crippen LogP contribution in [0.25, 0.3) is 0 Å². The molecule has 6 nitrogen and oxygen atoms in total. The van der Waals surface area contributed by atoms with E-state index in [0.717, 1.165) is 5.56 Å². The van der Waals surface area contributed by atoms with Crippen molar-refractivity contribution in [2.75, 3.05) is 4.90 Å². The number of hydrogen-bond acceptors (Lipinski definition) is 5. The molecule has 0 saturated carbocycles. The number of ether oxygens (including phenoxy) is 1. The van der Waals surface area contributed by atoms with Crippen molar-refractivity contribution in [3.63, 3.8) is 0 Å². The molecule has 2 fully saturated rings. The summed E-state index contributed by atoms with van der Waals surface area (Å²) < 4.78 is 5.21. The molecule has 2 saturated heterocycles. The van der Waals surface area contributed by atoms with Crippen molar-refractivity contribution < 1.29 is 19.1 Å². The topological polar surface area (TPSA) is 66.9 Å². The molecule has 0 aromatic heterocycles. The number of thioether (sulfide) groups is 1. The number of benzene rings is 2. The van der Waals surface area contributed by atoms with Crippen molar-refractivity contribution in [3.8, 4) is 0 Å². The minimum Gasteiger partial charge on any atom is -0.452 e. The van der Waals surface area contributed by atoms with Crippen LogP contribution in [0.5, 0.6) is 0 Å². The van der Waals surface area contributed by atoms with Gasteiger partial charge < -0.3 is 9.64 Å². The lowest BCUT2D eigenvalue weighted by atomic mass is 9.94. The SMILES string of the molecule is C=CC(OC(=O)[C@@H]1N2C(=O)C(N(C(C)=O)c3ccccc3)[C@H]2SC1(C)C)c1ccccc1. The molecule has 2 unspecified atom stereocenters. The van der Waals surface area contributed by atoms with Crippen LogP contribution < -0.4 is 4.90 Å². The highest BCUT2D eigenvalue weighted by Crippen LogP contribution is 2.53. The first-order chi connectivity index (χ1) is 15.3. The number of esters is 1. The Hall–Kier alpha value is -3.06. The zero-order chi connectivity index (χ0) is 23.0. The van der Waals surface area contributed by atoms with E-state index in [9.17, 15) is 14.4 Å². The Labute approximate surface area is 192 Å². The summed E-state index contributed by atoms with van der Waals surface area (Å²) in [6.45, 7) is 9.11. The normalized spacial score (nSPS) is 24.2. The number of carbonyl (C=O) groups is 3. The van der Waals surface area contributed by atoms with Gasteiger partial charge in [-0.2, -0.15) is 0 Å².